The average Bonchev–Trinajstić information content (AvgIpc) is 3.23. The minimum absolute atomic E-state index is 0.152. The quantitative estimate of drug-likeness (QED) is 0.588. The Hall–Kier alpha value is -1.73. The van der Waals surface area contributed by atoms with E-state index in [-0.39, 0.29) is 18.0 Å². The number of hydrogen-bond donors (Lipinski definition) is 3. The van der Waals surface area contributed by atoms with Crippen molar-refractivity contribution in [2.75, 3.05) is 0 Å². The number of thiophene rings is 1. The maximum Gasteiger partial charge on any atom is 0.258 e. The Kier molecular flexibility index (Phi) is 5.07. The second kappa shape index (κ2) is 7.23. The minimum Gasteiger partial charge on any atom is -0.271 e. The first kappa shape index (κ1) is 16.1. The zero-order chi connectivity index (χ0) is 16.2. The lowest BCUT2D eigenvalue weighted by Crippen LogP contribution is -2.41. The topological polar surface area (TPSA) is 65.5 Å². The Bertz CT molecular complexity index is 717. The van der Waals surface area contributed by atoms with Gasteiger partial charge in [-0.05, 0) is 30.9 Å². The van der Waals surface area contributed by atoms with E-state index < -0.39 is 0 Å². The van der Waals surface area contributed by atoms with E-state index in [1.165, 1.54) is 4.88 Å². The normalized spacial score (nSPS) is 21.4. The van der Waals surface area contributed by atoms with Crippen LogP contribution in [0.2, 0.25) is 5.02 Å². The molecule has 0 bridgehead atoms. The molecular formula is C16H17ClN4OS. The smallest absolute Gasteiger partial charge is 0.258 e. The van der Waals surface area contributed by atoms with Crippen molar-refractivity contribution in [3.63, 3.8) is 0 Å². The summed E-state index contributed by atoms with van der Waals surface area (Å²) >= 11 is 7.80. The van der Waals surface area contributed by atoms with Gasteiger partial charge in [0.2, 0.25) is 0 Å². The summed E-state index contributed by atoms with van der Waals surface area (Å²) in [5.41, 5.74) is 10.3. The fourth-order valence-corrected chi connectivity index (χ4v) is 3.50. The largest absolute Gasteiger partial charge is 0.271 e. The number of hydrazone groups is 1. The number of carbonyl (C=O) groups excluding carboxylic acids is 1. The van der Waals surface area contributed by atoms with Crippen molar-refractivity contribution < 1.29 is 4.79 Å². The Morgan fingerprint density at radius 1 is 1.30 bits per heavy atom. The number of carbonyl (C=O) groups is 1. The first-order valence-electron chi connectivity index (χ1n) is 7.28. The lowest BCUT2D eigenvalue weighted by molar-refractivity contribution is -0.122. The Labute approximate surface area is 143 Å². The van der Waals surface area contributed by atoms with Gasteiger partial charge in [-0.25, -0.2) is 16.3 Å². The van der Waals surface area contributed by atoms with Crippen LogP contribution in [0.5, 0.6) is 0 Å². The minimum atomic E-state index is -0.315. The summed E-state index contributed by atoms with van der Waals surface area (Å²) < 4.78 is 0. The van der Waals surface area contributed by atoms with E-state index in [1.807, 2.05) is 36.6 Å². The van der Waals surface area contributed by atoms with Gasteiger partial charge in [0.15, 0.2) is 0 Å². The van der Waals surface area contributed by atoms with Crippen LogP contribution in [0, 0.1) is 0 Å². The summed E-state index contributed by atoms with van der Waals surface area (Å²) in [5, 5.41) is 6.80. The maximum atomic E-state index is 12.2. The summed E-state index contributed by atoms with van der Waals surface area (Å²) in [4.78, 5) is 13.4. The number of nitrogens with zero attached hydrogens (tertiary/aromatic N) is 1. The van der Waals surface area contributed by atoms with Crippen LogP contribution in [-0.2, 0) is 4.79 Å². The fourth-order valence-electron chi connectivity index (χ4n) is 2.44. The SMILES string of the molecule is C/C(=N/NC(=O)C1CC(c2cccs2)NN1)c1ccccc1Cl. The van der Waals surface area contributed by atoms with Crippen LogP contribution in [0.15, 0.2) is 46.9 Å². The summed E-state index contributed by atoms with van der Waals surface area (Å²) in [6.45, 7) is 1.82. The Morgan fingerprint density at radius 2 is 2.13 bits per heavy atom. The van der Waals surface area contributed by atoms with E-state index in [2.05, 4.69) is 27.4 Å². The summed E-state index contributed by atoms with van der Waals surface area (Å²) in [5.74, 6) is -0.164. The molecule has 2 aromatic rings. The molecule has 0 radical (unpaired) electrons. The van der Waals surface area contributed by atoms with Gasteiger partial charge in [-0.3, -0.25) is 4.79 Å². The van der Waals surface area contributed by atoms with Crippen molar-refractivity contribution in [2.45, 2.75) is 25.4 Å². The van der Waals surface area contributed by atoms with Crippen molar-refractivity contribution in [2.24, 2.45) is 5.10 Å². The predicted molar refractivity (Wildman–Crippen MR) is 93.5 cm³/mol. The maximum absolute atomic E-state index is 12.2. The molecule has 0 aliphatic carbocycles. The van der Waals surface area contributed by atoms with Crippen LogP contribution >= 0.6 is 22.9 Å². The standard InChI is InChI=1S/C16H17ClN4OS/c1-10(11-5-2-3-6-12(11)17)18-21-16(22)14-9-13(19-20-14)15-7-4-8-23-15/h2-8,13-14,19-20H,9H2,1H3,(H,21,22)/b18-10-. The second-order valence-electron chi connectivity index (χ2n) is 5.30. The van der Waals surface area contributed by atoms with E-state index in [0.29, 0.717) is 17.2 Å². The van der Waals surface area contributed by atoms with Crippen LogP contribution in [0.1, 0.15) is 29.8 Å². The summed E-state index contributed by atoms with van der Waals surface area (Å²) in [6, 6.07) is 11.3. The molecule has 1 aromatic carbocycles. The number of hydrogen-bond acceptors (Lipinski definition) is 5. The van der Waals surface area contributed by atoms with Gasteiger partial charge >= 0.3 is 0 Å². The molecule has 5 nitrogen and oxygen atoms in total. The van der Waals surface area contributed by atoms with Gasteiger partial charge in [0.05, 0.1) is 11.8 Å². The van der Waals surface area contributed by atoms with Crippen LogP contribution in [0.25, 0.3) is 0 Å². The van der Waals surface area contributed by atoms with Gasteiger partial charge in [-0.15, -0.1) is 11.3 Å². The highest BCUT2D eigenvalue weighted by atomic mass is 35.5. The van der Waals surface area contributed by atoms with Gasteiger partial charge in [-0.2, -0.15) is 5.10 Å². The number of hydrazine groups is 1. The highest BCUT2D eigenvalue weighted by molar-refractivity contribution is 7.10. The third-order valence-corrected chi connectivity index (χ3v) is 5.02. The van der Waals surface area contributed by atoms with E-state index in [9.17, 15) is 4.79 Å². The van der Waals surface area contributed by atoms with Crippen LogP contribution in [-0.4, -0.2) is 17.7 Å². The number of nitrogens with one attached hydrogen (secondary N) is 3. The molecule has 120 valence electrons. The molecule has 2 heterocycles. The second-order valence-corrected chi connectivity index (χ2v) is 6.68. The molecular weight excluding hydrogens is 332 g/mol. The molecule has 1 aromatic heterocycles. The van der Waals surface area contributed by atoms with Crippen molar-refractivity contribution in [1.82, 2.24) is 16.3 Å². The molecule has 3 rings (SSSR count). The molecule has 1 amide bonds. The van der Waals surface area contributed by atoms with Gasteiger partial charge < -0.3 is 0 Å². The lowest BCUT2D eigenvalue weighted by Gasteiger charge is -2.08. The van der Waals surface area contributed by atoms with Crippen molar-refractivity contribution in [1.29, 1.82) is 0 Å². The Balaban J connectivity index is 1.60. The number of benzene rings is 1. The van der Waals surface area contributed by atoms with Crippen molar-refractivity contribution in [3.05, 3.63) is 57.2 Å². The highest BCUT2D eigenvalue weighted by Gasteiger charge is 2.30. The molecule has 0 saturated carbocycles. The Morgan fingerprint density at radius 3 is 2.87 bits per heavy atom. The molecule has 0 spiro atoms. The third-order valence-electron chi connectivity index (χ3n) is 3.70. The molecule has 23 heavy (non-hydrogen) atoms. The fraction of sp³-hybridized carbons (Fsp3) is 0.250. The van der Waals surface area contributed by atoms with Gasteiger partial charge in [0.25, 0.3) is 5.91 Å². The molecule has 1 fully saturated rings. The third kappa shape index (κ3) is 3.79. The molecule has 3 N–H and O–H groups in total. The van der Waals surface area contributed by atoms with Crippen molar-refractivity contribution >= 4 is 34.6 Å². The highest BCUT2D eigenvalue weighted by Crippen LogP contribution is 2.25. The molecule has 7 heteroatoms. The lowest BCUT2D eigenvalue weighted by atomic mass is 10.1. The molecule has 2 atom stereocenters. The van der Waals surface area contributed by atoms with E-state index in [4.69, 9.17) is 11.6 Å². The van der Waals surface area contributed by atoms with E-state index in [0.717, 1.165) is 5.56 Å². The van der Waals surface area contributed by atoms with Crippen LogP contribution < -0.4 is 16.3 Å². The first-order valence-corrected chi connectivity index (χ1v) is 8.54. The van der Waals surface area contributed by atoms with Crippen molar-refractivity contribution in [3.8, 4) is 0 Å². The number of amides is 1. The van der Waals surface area contributed by atoms with E-state index >= 15 is 0 Å². The van der Waals surface area contributed by atoms with Crippen LogP contribution in [0.4, 0.5) is 0 Å². The molecule has 2 unspecified atom stereocenters. The molecule has 1 aliphatic rings. The number of halogens is 1. The summed E-state index contributed by atoms with van der Waals surface area (Å²) in [7, 11) is 0. The average molecular weight is 349 g/mol. The number of rotatable bonds is 4. The van der Waals surface area contributed by atoms with E-state index in [1.54, 1.807) is 17.4 Å². The molecule has 1 saturated heterocycles. The van der Waals surface area contributed by atoms with Gasteiger partial charge in [-0.1, -0.05) is 35.9 Å². The molecule has 1 aliphatic heterocycles. The van der Waals surface area contributed by atoms with Gasteiger partial charge in [0, 0.05) is 15.5 Å². The summed E-state index contributed by atoms with van der Waals surface area (Å²) in [6.07, 6.45) is 0.688. The zero-order valence-electron chi connectivity index (χ0n) is 12.5. The first-order chi connectivity index (χ1) is 11.1. The monoisotopic (exact) mass is 348 g/mol. The van der Waals surface area contributed by atoms with Crippen LogP contribution in [0.3, 0.4) is 0 Å². The van der Waals surface area contributed by atoms with Gasteiger partial charge in [0.1, 0.15) is 6.04 Å². The zero-order valence-corrected chi connectivity index (χ0v) is 14.1. The predicted octanol–water partition coefficient (Wildman–Crippen LogP) is 2.85.